The van der Waals surface area contributed by atoms with Crippen molar-refractivity contribution in [3.63, 3.8) is 0 Å². The molecule has 4 N–H and O–H groups in total. The number of hydrogen-bond donors (Lipinski definition) is 3. The molecule has 0 saturated heterocycles. The predicted octanol–water partition coefficient (Wildman–Crippen LogP) is 0.360. The van der Waals surface area contributed by atoms with E-state index < -0.39 is 11.5 Å². The molecule has 16 heavy (non-hydrogen) atoms. The molecule has 5 nitrogen and oxygen atoms in total. The maximum Gasteiger partial charge on any atom is 0.326 e. The van der Waals surface area contributed by atoms with Crippen LogP contribution in [0.5, 0.6) is 5.75 Å². The third-order valence-corrected chi connectivity index (χ3v) is 2.13. The van der Waals surface area contributed by atoms with E-state index in [9.17, 15) is 4.79 Å². The smallest absolute Gasteiger partial charge is 0.326 e. The van der Waals surface area contributed by atoms with Gasteiger partial charge in [0, 0.05) is 0 Å². The van der Waals surface area contributed by atoms with Crippen molar-refractivity contribution >= 4 is 5.97 Å². The number of carbonyl (C=O) groups is 1. The van der Waals surface area contributed by atoms with Crippen molar-refractivity contribution in [2.75, 3.05) is 6.61 Å². The molecule has 1 unspecified atom stereocenters. The van der Waals surface area contributed by atoms with Gasteiger partial charge in [0.15, 0.2) is 0 Å². The van der Waals surface area contributed by atoms with Gasteiger partial charge in [-0.1, -0.05) is 12.1 Å². The maximum absolute atomic E-state index is 10.7. The van der Waals surface area contributed by atoms with E-state index in [2.05, 4.69) is 0 Å². The summed E-state index contributed by atoms with van der Waals surface area (Å²) in [5.74, 6) is -0.588. The third kappa shape index (κ3) is 3.22. The van der Waals surface area contributed by atoms with Crippen molar-refractivity contribution in [1.29, 1.82) is 0 Å². The minimum absolute atomic E-state index is 0.0377. The number of aliphatic hydroxyl groups is 1. The summed E-state index contributed by atoms with van der Waals surface area (Å²) in [4.78, 5) is 10.7. The molecule has 1 rings (SSSR count). The predicted molar refractivity (Wildman–Crippen MR) is 58.1 cm³/mol. The zero-order valence-electron chi connectivity index (χ0n) is 9.01. The van der Waals surface area contributed by atoms with Crippen molar-refractivity contribution in [3.05, 3.63) is 29.8 Å². The fourth-order valence-electron chi connectivity index (χ4n) is 0.986. The average Bonchev–Trinajstić information content (AvgIpc) is 2.27. The molecule has 1 aromatic carbocycles. The molecule has 0 radical (unpaired) electrons. The van der Waals surface area contributed by atoms with Crippen LogP contribution in [-0.2, 0) is 11.4 Å². The molecule has 5 heteroatoms. The van der Waals surface area contributed by atoms with E-state index in [1.165, 1.54) is 6.92 Å². The lowest BCUT2D eigenvalue weighted by atomic mass is 10.1. The molecule has 0 aliphatic heterocycles. The molecule has 0 fully saturated rings. The highest BCUT2D eigenvalue weighted by Gasteiger charge is 2.28. The van der Waals surface area contributed by atoms with Gasteiger partial charge in [0.25, 0.3) is 0 Å². The van der Waals surface area contributed by atoms with Gasteiger partial charge in [-0.3, -0.25) is 4.79 Å². The van der Waals surface area contributed by atoms with Crippen LogP contribution < -0.4 is 10.5 Å². The monoisotopic (exact) mass is 225 g/mol. The Morgan fingerprint density at radius 3 is 2.44 bits per heavy atom. The standard InChI is InChI=1S/C11H15NO4/c1-11(12,10(14)15)7-16-9-4-2-8(6-13)3-5-9/h2-5,13H,6-7,12H2,1H3,(H,14,15). The van der Waals surface area contributed by atoms with Gasteiger partial charge in [0.1, 0.15) is 17.9 Å². The Hall–Kier alpha value is -1.59. The fourth-order valence-corrected chi connectivity index (χ4v) is 0.986. The van der Waals surface area contributed by atoms with Crippen LogP contribution in [0.1, 0.15) is 12.5 Å². The number of hydrogen-bond acceptors (Lipinski definition) is 4. The highest BCUT2D eigenvalue weighted by atomic mass is 16.5. The molecule has 0 aliphatic rings. The number of aliphatic hydroxyl groups excluding tert-OH is 1. The van der Waals surface area contributed by atoms with Crippen molar-refractivity contribution in [3.8, 4) is 5.75 Å². The average molecular weight is 225 g/mol. The Labute approximate surface area is 93.5 Å². The van der Waals surface area contributed by atoms with Crippen molar-refractivity contribution in [2.24, 2.45) is 5.73 Å². The van der Waals surface area contributed by atoms with E-state index in [1.54, 1.807) is 24.3 Å². The van der Waals surface area contributed by atoms with Crippen LogP contribution >= 0.6 is 0 Å². The van der Waals surface area contributed by atoms with Crippen LogP contribution in [0, 0.1) is 0 Å². The quantitative estimate of drug-likeness (QED) is 0.672. The lowest BCUT2D eigenvalue weighted by Crippen LogP contribution is -2.49. The number of rotatable bonds is 5. The summed E-state index contributed by atoms with van der Waals surface area (Å²) in [6.07, 6.45) is 0. The second kappa shape index (κ2) is 4.96. The summed E-state index contributed by atoms with van der Waals surface area (Å²) in [7, 11) is 0. The number of aliphatic carboxylic acids is 1. The number of benzene rings is 1. The summed E-state index contributed by atoms with van der Waals surface area (Å²) in [5.41, 5.74) is 4.86. The Balaban J connectivity index is 2.58. The number of carboxylic acid groups (broad SMARTS) is 1. The van der Waals surface area contributed by atoms with Crippen molar-refractivity contribution in [2.45, 2.75) is 19.1 Å². The van der Waals surface area contributed by atoms with Gasteiger partial charge in [-0.05, 0) is 24.6 Å². The molecule has 0 heterocycles. The minimum Gasteiger partial charge on any atom is -0.491 e. The van der Waals surface area contributed by atoms with Crippen molar-refractivity contribution in [1.82, 2.24) is 0 Å². The summed E-state index contributed by atoms with van der Waals surface area (Å²) < 4.78 is 5.24. The number of ether oxygens (including phenoxy) is 1. The van der Waals surface area contributed by atoms with Gasteiger partial charge in [-0.25, -0.2) is 0 Å². The Morgan fingerprint density at radius 1 is 1.44 bits per heavy atom. The highest BCUT2D eigenvalue weighted by molar-refractivity contribution is 5.78. The van der Waals surface area contributed by atoms with Crippen LogP contribution in [-0.4, -0.2) is 28.3 Å². The van der Waals surface area contributed by atoms with Crippen LogP contribution in [0.4, 0.5) is 0 Å². The van der Waals surface area contributed by atoms with E-state index in [4.69, 9.17) is 20.7 Å². The topological polar surface area (TPSA) is 92.8 Å². The highest BCUT2D eigenvalue weighted by Crippen LogP contribution is 2.13. The van der Waals surface area contributed by atoms with E-state index in [1.807, 2.05) is 0 Å². The van der Waals surface area contributed by atoms with Gasteiger partial charge < -0.3 is 20.7 Å². The SMILES string of the molecule is CC(N)(COc1ccc(CO)cc1)C(=O)O. The lowest BCUT2D eigenvalue weighted by Gasteiger charge is -2.19. The molecular formula is C11H15NO4. The fraction of sp³-hybridized carbons (Fsp3) is 0.364. The first-order valence-corrected chi connectivity index (χ1v) is 4.80. The molecule has 0 aliphatic carbocycles. The van der Waals surface area contributed by atoms with E-state index >= 15 is 0 Å². The summed E-state index contributed by atoms with van der Waals surface area (Å²) >= 11 is 0. The third-order valence-electron chi connectivity index (χ3n) is 2.13. The van der Waals surface area contributed by atoms with Crippen LogP contribution in [0.15, 0.2) is 24.3 Å². The molecule has 0 bridgehead atoms. The molecule has 0 aromatic heterocycles. The summed E-state index contributed by atoms with van der Waals surface area (Å²) in [6.45, 7) is 1.24. The molecule has 88 valence electrons. The largest absolute Gasteiger partial charge is 0.491 e. The molecule has 0 amide bonds. The van der Waals surface area contributed by atoms with E-state index in [0.29, 0.717) is 5.75 Å². The van der Waals surface area contributed by atoms with Gasteiger partial charge >= 0.3 is 5.97 Å². The van der Waals surface area contributed by atoms with Gasteiger partial charge in [-0.2, -0.15) is 0 Å². The minimum atomic E-state index is -1.41. The van der Waals surface area contributed by atoms with E-state index in [0.717, 1.165) is 5.56 Å². The Bertz CT molecular complexity index is 359. The Morgan fingerprint density at radius 2 is 2.00 bits per heavy atom. The van der Waals surface area contributed by atoms with Crippen LogP contribution in [0.3, 0.4) is 0 Å². The second-order valence-corrected chi connectivity index (χ2v) is 3.81. The van der Waals surface area contributed by atoms with Crippen molar-refractivity contribution < 1.29 is 19.7 Å². The van der Waals surface area contributed by atoms with Gasteiger partial charge in [0.05, 0.1) is 6.61 Å². The molecule has 1 atom stereocenters. The Kier molecular flexibility index (Phi) is 3.87. The first-order chi connectivity index (χ1) is 7.45. The van der Waals surface area contributed by atoms with E-state index in [-0.39, 0.29) is 13.2 Å². The molecule has 0 saturated carbocycles. The number of nitrogens with two attached hydrogens (primary N) is 1. The zero-order valence-corrected chi connectivity index (χ0v) is 9.01. The molecule has 1 aromatic rings. The van der Waals surface area contributed by atoms with Crippen LogP contribution in [0.25, 0.3) is 0 Å². The molecule has 0 spiro atoms. The lowest BCUT2D eigenvalue weighted by molar-refractivity contribution is -0.143. The first-order valence-electron chi connectivity index (χ1n) is 4.80. The second-order valence-electron chi connectivity index (χ2n) is 3.81. The maximum atomic E-state index is 10.7. The normalized spacial score (nSPS) is 14.2. The summed E-state index contributed by atoms with van der Waals surface area (Å²) in [6, 6.07) is 6.71. The first kappa shape index (κ1) is 12.5. The van der Waals surface area contributed by atoms with Gasteiger partial charge in [0.2, 0.25) is 0 Å². The number of carboxylic acids is 1. The zero-order chi connectivity index (χ0) is 12.2. The van der Waals surface area contributed by atoms with Crippen LogP contribution in [0.2, 0.25) is 0 Å². The molecular weight excluding hydrogens is 210 g/mol. The summed E-state index contributed by atoms with van der Waals surface area (Å²) in [5, 5.41) is 17.6. The van der Waals surface area contributed by atoms with Gasteiger partial charge in [-0.15, -0.1) is 0 Å².